The monoisotopic (exact) mass is 421 g/mol. The molecule has 8 heteroatoms. The highest BCUT2D eigenvalue weighted by Gasteiger charge is 2.26. The molecule has 6 nitrogen and oxygen atoms in total. The standard InChI is InChI=1S/C20H27N3O3S2/c1-3-4-5-14-6-8-16(9-7-14)19(24)22-20-21-18(23-27-20)15-10-12-17(13-11-15)28(2,25)26/h10-14,16H,3-9H2,1-2H3,(H,21,22,23,24). The van der Waals surface area contributed by atoms with Gasteiger partial charge in [-0.15, -0.1) is 0 Å². The minimum Gasteiger partial charge on any atom is -0.300 e. The Labute approximate surface area is 170 Å². The number of sulfone groups is 1. The van der Waals surface area contributed by atoms with E-state index in [-0.39, 0.29) is 16.7 Å². The van der Waals surface area contributed by atoms with Gasteiger partial charge in [-0.3, -0.25) is 4.79 Å². The maximum Gasteiger partial charge on any atom is 0.229 e. The number of rotatable bonds is 7. The van der Waals surface area contributed by atoms with E-state index in [1.165, 1.54) is 25.5 Å². The highest BCUT2D eigenvalue weighted by atomic mass is 32.2. The second kappa shape index (κ2) is 9.13. The number of aromatic nitrogens is 2. The van der Waals surface area contributed by atoms with Crippen LogP contribution in [-0.4, -0.2) is 29.9 Å². The van der Waals surface area contributed by atoms with Crippen LogP contribution in [-0.2, 0) is 14.6 Å². The summed E-state index contributed by atoms with van der Waals surface area (Å²) in [5, 5.41) is 3.39. The lowest BCUT2D eigenvalue weighted by molar-refractivity contribution is -0.121. The average Bonchev–Trinajstić information content (AvgIpc) is 3.14. The molecule has 0 bridgehead atoms. The minimum atomic E-state index is -3.23. The van der Waals surface area contributed by atoms with Gasteiger partial charge < -0.3 is 5.32 Å². The van der Waals surface area contributed by atoms with Gasteiger partial charge >= 0.3 is 0 Å². The number of hydrogen-bond donors (Lipinski definition) is 1. The smallest absolute Gasteiger partial charge is 0.229 e. The van der Waals surface area contributed by atoms with E-state index in [9.17, 15) is 13.2 Å². The van der Waals surface area contributed by atoms with Crippen molar-refractivity contribution >= 4 is 32.4 Å². The lowest BCUT2D eigenvalue weighted by Crippen LogP contribution is -2.27. The predicted molar refractivity (Wildman–Crippen MR) is 112 cm³/mol. The van der Waals surface area contributed by atoms with E-state index in [1.807, 2.05) is 0 Å². The summed E-state index contributed by atoms with van der Waals surface area (Å²) in [4.78, 5) is 17.2. The number of carbonyl (C=O) groups is 1. The Morgan fingerprint density at radius 1 is 1.18 bits per heavy atom. The van der Waals surface area contributed by atoms with E-state index in [2.05, 4.69) is 21.6 Å². The molecule has 0 unspecified atom stereocenters. The molecule has 1 aliphatic rings. The highest BCUT2D eigenvalue weighted by molar-refractivity contribution is 7.90. The Hall–Kier alpha value is -1.80. The zero-order valence-electron chi connectivity index (χ0n) is 16.3. The van der Waals surface area contributed by atoms with Gasteiger partial charge in [-0.05, 0) is 55.9 Å². The Morgan fingerprint density at radius 2 is 1.86 bits per heavy atom. The molecular weight excluding hydrogens is 394 g/mol. The zero-order valence-corrected chi connectivity index (χ0v) is 18.0. The molecule has 1 saturated carbocycles. The quantitative estimate of drug-likeness (QED) is 0.709. The summed E-state index contributed by atoms with van der Waals surface area (Å²) in [7, 11) is -3.23. The largest absolute Gasteiger partial charge is 0.300 e. The van der Waals surface area contributed by atoms with Crippen LogP contribution < -0.4 is 5.32 Å². The van der Waals surface area contributed by atoms with Gasteiger partial charge in [0.2, 0.25) is 11.0 Å². The molecule has 1 N–H and O–H groups in total. The van der Waals surface area contributed by atoms with Crippen molar-refractivity contribution in [2.45, 2.75) is 56.8 Å². The molecule has 1 heterocycles. The number of nitrogens with one attached hydrogen (secondary N) is 1. The Morgan fingerprint density at radius 3 is 2.46 bits per heavy atom. The van der Waals surface area contributed by atoms with Gasteiger partial charge in [0.05, 0.1) is 4.90 Å². The molecule has 0 spiro atoms. The molecule has 0 atom stereocenters. The summed E-state index contributed by atoms with van der Waals surface area (Å²) in [6.07, 6.45) is 9.11. The average molecular weight is 422 g/mol. The molecule has 1 aliphatic carbocycles. The van der Waals surface area contributed by atoms with E-state index in [1.54, 1.807) is 24.3 Å². The van der Waals surface area contributed by atoms with Crippen molar-refractivity contribution in [3.8, 4) is 11.4 Å². The van der Waals surface area contributed by atoms with Crippen molar-refractivity contribution in [3.05, 3.63) is 24.3 Å². The Kier molecular flexibility index (Phi) is 6.82. The third-order valence-corrected chi connectivity index (χ3v) is 7.14. The number of unbranched alkanes of at least 4 members (excludes halogenated alkanes) is 1. The highest BCUT2D eigenvalue weighted by Crippen LogP contribution is 2.33. The van der Waals surface area contributed by atoms with E-state index >= 15 is 0 Å². The second-order valence-corrected chi connectivity index (χ2v) is 10.3. The zero-order chi connectivity index (χ0) is 20.1. The number of nitrogens with zero attached hydrogens (tertiary/aromatic N) is 2. The lowest BCUT2D eigenvalue weighted by atomic mass is 9.79. The molecule has 0 radical (unpaired) electrons. The predicted octanol–water partition coefficient (Wildman–Crippen LogP) is 4.54. The Balaban J connectivity index is 1.57. The molecule has 152 valence electrons. The van der Waals surface area contributed by atoms with Crippen molar-refractivity contribution in [2.75, 3.05) is 11.6 Å². The van der Waals surface area contributed by atoms with Crippen LogP contribution >= 0.6 is 11.5 Å². The molecule has 0 aliphatic heterocycles. The van der Waals surface area contributed by atoms with Crippen molar-refractivity contribution in [3.63, 3.8) is 0 Å². The summed E-state index contributed by atoms with van der Waals surface area (Å²) >= 11 is 1.15. The molecular formula is C20H27N3O3S2. The first-order chi connectivity index (χ1) is 13.4. The van der Waals surface area contributed by atoms with Gasteiger partial charge in [0.25, 0.3) is 0 Å². The van der Waals surface area contributed by atoms with Crippen LogP contribution in [0.2, 0.25) is 0 Å². The topological polar surface area (TPSA) is 89.0 Å². The maximum atomic E-state index is 12.6. The second-order valence-electron chi connectivity index (χ2n) is 7.57. The molecule has 28 heavy (non-hydrogen) atoms. The van der Waals surface area contributed by atoms with E-state index in [4.69, 9.17) is 0 Å². The fourth-order valence-corrected chi connectivity index (χ4v) is 4.88. The third-order valence-electron chi connectivity index (χ3n) is 5.38. The SMILES string of the molecule is CCCCC1CCC(C(=O)Nc2nc(-c3ccc(S(C)(=O)=O)cc3)ns2)CC1. The van der Waals surface area contributed by atoms with Gasteiger partial charge in [-0.2, -0.15) is 9.36 Å². The van der Waals surface area contributed by atoms with E-state index in [0.29, 0.717) is 11.0 Å². The summed E-state index contributed by atoms with van der Waals surface area (Å²) in [6.45, 7) is 2.22. The van der Waals surface area contributed by atoms with Gasteiger partial charge in [0.15, 0.2) is 15.7 Å². The van der Waals surface area contributed by atoms with Crippen LogP contribution in [0.3, 0.4) is 0 Å². The molecule has 1 aromatic carbocycles. The number of amides is 1. The van der Waals surface area contributed by atoms with Crippen molar-refractivity contribution in [1.82, 2.24) is 9.36 Å². The van der Waals surface area contributed by atoms with Crippen LogP contribution in [0.5, 0.6) is 0 Å². The van der Waals surface area contributed by atoms with Crippen LogP contribution in [0, 0.1) is 11.8 Å². The Bertz CT molecular complexity index is 899. The summed E-state index contributed by atoms with van der Waals surface area (Å²) in [5.41, 5.74) is 0.723. The van der Waals surface area contributed by atoms with E-state index < -0.39 is 9.84 Å². The van der Waals surface area contributed by atoms with E-state index in [0.717, 1.165) is 48.7 Å². The molecule has 2 aromatic rings. The minimum absolute atomic E-state index is 0.0315. The fourth-order valence-electron chi connectivity index (χ4n) is 3.66. The molecule has 1 aromatic heterocycles. The van der Waals surface area contributed by atoms with Crippen molar-refractivity contribution < 1.29 is 13.2 Å². The van der Waals surface area contributed by atoms with Crippen LogP contribution in [0.4, 0.5) is 5.13 Å². The lowest BCUT2D eigenvalue weighted by Gasteiger charge is -2.27. The summed E-state index contributed by atoms with van der Waals surface area (Å²) in [5.74, 6) is 1.35. The van der Waals surface area contributed by atoms with Crippen molar-refractivity contribution in [2.24, 2.45) is 11.8 Å². The number of carbonyl (C=O) groups excluding carboxylic acids is 1. The maximum absolute atomic E-state index is 12.6. The number of hydrogen-bond acceptors (Lipinski definition) is 6. The summed E-state index contributed by atoms with van der Waals surface area (Å²) in [6, 6.07) is 6.45. The molecule has 1 amide bonds. The van der Waals surface area contributed by atoms with Crippen LogP contribution in [0.1, 0.15) is 51.9 Å². The normalized spacial score (nSPS) is 20.1. The number of anilines is 1. The molecule has 1 fully saturated rings. The first-order valence-electron chi connectivity index (χ1n) is 9.82. The molecule has 3 rings (SSSR count). The molecule has 0 saturated heterocycles. The van der Waals surface area contributed by atoms with Gasteiger partial charge in [-0.1, -0.05) is 26.2 Å². The van der Waals surface area contributed by atoms with Crippen LogP contribution in [0.15, 0.2) is 29.2 Å². The van der Waals surface area contributed by atoms with Crippen molar-refractivity contribution in [1.29, 1.82) is 0 Å². The number of benzene rings is 1. The third kappa shape index (κ3) is 5.38. The first-order valence-corrected chi connectivity index (χ1v) is 12.5. The fraction of sp³-hybridized carbons (Fsp3) is 0.550. The van der Waals surface area contributed by atoms with Gasteiger partial charge in [0.1, 0.15) is 0 Å². The first kappa shape index (κ1) is 20.9. The van der Waals surface area contributed by atoms with Gasteiger partial charge in [0, 0.05) is 29.3 Å². The van der Waals surface area contributed by atoms with Crippen LogP contribution in [0.25, 0.3) is 11.4 Å². The summed E-state index contributed by atoms with van der Waals surface area (Å²) < 4.78 is 27.4. The van der Waals surface area contributed by atoms with Gasteiger partial charge in [-0.25, -0.2) is 8.42 Å².